The van der Waals surface area contributed by atoms with E-state index in [1.165, 1.54) is 0 Å². The van der Waals surface area contributed by atoms with Crippen molar-refractivity contribution in [3.63, 3.8) is 0 Å². The van der Waals surface area contributed by atoms with E-state index >= 15 is 0 Å². The van der Waals surface area contributed by atoms with Crippen LogP contribution in [0.4, 0.5) is 0 Å². The number of ketones is 1. The SMILES string of the molecule is Cc1nc2ccccc2nc1C(=O)CO. The van der Waals surface area contributed by atoms with Gasteiger partial charge in [-0.3, -0.25) is 4.79 Å². The van der Waals surface area contributed by atoms with Crippen molar-refractivity contribution >= 4 is 16.8 Å². The van der Waals surface area contributed by atoms with E-state index in [-0.39, 0.29) is 5.69 Å². The monoisotopic (exact) mass is 202 g/mol. The molecule has 4 heteroatoms. The quantitative estimate of drug-likeness (QED) is 0.741. The van der Waals surface area contributed by atoms with E-state index in [1.54, 1.807) is 13.0 Å². The highest BCUT2D eigenvalue weighted by molar-refractivity contribution is 5.97. The van der Waals surface area contributed by atoms with Gasteiger partial charge >= 0.3 is 0 Å². The molecule has 2 rings (SSSR count). The van der Waals surface area contributed by atoms with E-state index in [1.807, 2.05) is 18.2 Å². The van der Waals surface area contributed by atoms with Gasteiger partial charge in [-0.1, -0.05) is 12.1 Å². The first-order chi connectivity index (χ1) is 7.22. The summed E-state index contributed by atoms with van der Waals surface area (Å²) in [6.45, 7) is 1.18. The minimum Gasteiger partial charge on any atom is -0.388 e. The third-order valence-electron chi connectivity index (χ3n) is 2.15. The molecule has 0 aliphatic carbocycles. The second-order valence-electron chi connectivity index (χ2n) is 3.23. The van der Waals surface area contributed by atoms with Crippen LogP contribution >= 0.6 is 0 Å². The fourth-order valence-electron chi connectivity index (χ4n) is 1.43. The molecule has 0 aliphatic heterocycles. The molecular formula is C11H10N2O2. The molecule has 0 radical (unpaired) electrons. The molecule has 0 spiro atoms. The van der Waals surface area contributed by atoms with E-state index < -0.39 is 12.4 Å². The van der Waals surface area contributed by atoms with E-state index in [4.69, 9.17) is 5.11 Å². The van der Waals surface area contributed by atoms with Gasteiger partial charge in [-0.05, 0) is 19.1 Å². The summed E-state index contributed by atoms with van der Waals surface area (Å²) in [7, 11) is 0. The first kappa shape index (κ1) is 9.73. The Morgan fingerprint density at radius 3 is 2.47 bits per heavy atom. The summed E-state index contributed by atoms with van der Waals surface area (Å²) in [5.41, 5.74) is 2.22. The van der Waals surface area contributed by atoms with Gasteiger partial charge in [0.25, 0.3) is 0 Å². The van der Waals surface area contributed by atoms with Crippen LogP contribution in [-0.4, -0.2) is 27.5 Å². The number of hydrogen-bond donors (Lipinski definition) is 1. The lowest BCUT2D eigenvalue weighted by Crippen LogP contribution is -2.10. The van der Waals surface area contributed by atoms with Crippen molar-refractivity contribution in [3.05, 3.63) is 35.7 Å². The fourth-order valence-corrected chi connectivity index (χ4v) is 1.43. The smallest absolute Gasteiger partial charge is 0.208 e. The molecule has 1 aromatic heterocycles. The summed E-state index contributed by atoms with van der Waals surface area (Å²) in [6, 6.07) is 7.32. The maximum atomic E-state index is 11.3. The molecule has 0 aliphatic rings. The van der Waals surface area contributed by atoms with Crippen molar-refractivity contribution < 1.29 is 9.90 Å². The van der Waals surface area contributed by atoms with Crippen molar-refractivity contribution in [3.8, 4) is 0 Å². The summed E-state index contributed by atoms with van der Waals surface area (Å²) in [5, 5.41) is 8.77. The van der Waals surface area contributed by atoms with Crippen LogP contribution in [0.1, 0.15) is 16.2 Å². The fraction of sp³-hybridized carbons (Fsp3) is 0.182. The second kappa shape index (κ2) is 3.74. The number of nitrogens with zero attached hydrogens (tertiary/aromatic N) is 2. The lowest BCUT2D eigenvalue weighted by Gasteiger charge is -2.03. The zero-order valence-corrected chi connectivity index (χ0v) is 8.27. The highest BCUT2D eigenvalue weighted by Crippen LogP contribution is 2.12. The van der Waals surface area contributed by atoms with Crippen LogP contribution in [-0.2, 0) is 0 Å². The van der Waals surface area contributed by atoms with Crippen LogP contribution in [0, 0.1) is 6.92 Å². The Morgan fingerprint density at radius 2 is 1.87 bits per heavy atom. The van der Waals surface area contributed by atoms with Gasteiger partial charge in [-0.2, -0.15) is 0 Å². The Labute approximate surface area is 86.6 Å². The summed E-state index contributed by atoms with van der Waals surface area (Å²) >= 11 is 0. The summed E-state index contributed by atoms with van der Waals surface area (Å²) < 4.78 is 0. The number of hydrogen-bond acceptors (Lipinski definition) is 4. The Bertz CT molecular complexity index is 523. The molecule has 2 aromatic rings. The van der Waals surface area contributed by atoms with Crippen molar-refractivity contribution in [1.82, 2.24) is 9.97 Å². The Morgan fingerprint density at radius 1 is 1.27 bits per heavy atom. The van der Waals surface area contributed by atoms with E-state index in [0.29, 0.717) is 11.2 Å². The third-order valence-corrected chi connectivity index (χ3v) is 2.15. The van der Waals surface area contributed by atoms with E-state index in [2.05, 4.69) is 9.97 Å². The first-order valence-electron chi connectivity index (χ1n) is 4.60. The number of aryl methyl sites for hydroxylation is 1. The van der Waals surface area contributed by atoms with Gasteiger partial charge in [-0.15, -0.1) is 0 Å². The molecular weight excluding hydrogens is 192 g/mol. The van der Waals surface area contributed by atoms with Gasteiger partial charge in [0.1, 0.15) is 12.3 Å². The number of rotatable bonds is 2. The van der Waals surface area contributed by atoms with Gasteiger partial charge in [0.05, 0.1) is 16.7 Å². The van der Waals surface area contributed by atoms with Crippen LogP contribution < -0.4 is 0 Å². The molecule has 0 amide bonds. The molecule has 1 aromatic carbocycles. The number of aliphatic hydroxyl groups excluding tert-OH is 1. The lowest BCUT2D eigenvalue weighted by atomic mass is 10.2. The van der Waals surface area contributed by atoms with Crippen LogP contribution in [0.5, 0.6) is 0 Å². The van der Waals surface area contributed by atoms with Gasteiger partial charge in [0.2, 0.25) is 5.78 Å². The largest absolute Gasteiger partial charge is 0.388 e. The van der Waals surface area contributed by atoms with Crippen molar-refractivity contribution in [2.75, 3.05) is 6.61 Å². The molecule has 0 atom stereocenters. The molecule has 76 valence electrons. The maximum absolute atomic E-state index is 11.3. The van der Waals surface area contributed by atoms with Crippen LogP contribution in [0.2, 0.25) is 0 Å². The van der Waals surface area contributed by atoms with Gasteiger partial charge in [-0.25, -0.2) is 9.97 Å². The topological polar surface area (TPSA) is 63.1 Å². The maximum Gasteiger partial charge on any atom is 0.208 e. The predicted molar refractivity (Wildman–Crippen MR) is 55.7 cm³/mol. The minimum absolute atomic E-state index is 0.246. The number of aliphatic hydroxyl groups is 1. The Balaban J connectivity index is 2.67. The van der Waals surface area contributed by atoms with Crippen LogP contribution in [0.15, 0.2) is 24.3 Å². The number of aromatic nitrogens is 2. The van der Waals surface area contributed by atoms with E-state index in [0.717, 1.165) is 5.52 Å². The lowest BCUT2D eigenvalue weighted by molar-refractivity contribution is 0.0898. The molecule has 1 heterocycles. The number of Topliss-reactive ketones (excluding diaryl/α,β-unsaturated/α-hetero) is 1. The summed E-state index contributed by atoms with van der Waals surface area (Å²) in [6.07, 6.45) is 0. The molecule has 15 heavy (non-hydrogen) atoms. The molecule has 0 saturated carbocycles. The van der Waals surface area contributed by atoms with Gasteiger partial charge in [0, 0.05) is 0 Å². The third kappa shape index (κ3) is 1.71. The average Bonchev–Trinajstić information content (AvgIpc) is 2.27. The number of carbonyl (C=O) groups is 1. The highest BCUT2D eigenvalue weighted by atomic mass is 16.3. The molecule has 0 fully saturated rings. The highest BCUT2D eigenvalue weighted by Gasteiger charge is 2.11. The second-order valence-corrected chi connectivity index (χ2v) is 3.23. The minimum atomic E-state index is -0.534. The molecule has 0 saturated heterocycles. The van der Waals surface area contributed by atoms with Gasteiger partial charge < -0.3 is 5.11 Å². The summed E-state index contributed by atoms with van der Waals surface area (Å²) in [5.74, 6) is -0.397. The summed E-state index contributed by atoms with van der Waals surface area (Å²) in [4.78, 5) is 19.7. The number of fused-ring (bicyclic) bond motifs is 1. The molecule has 4 nitrogen and oxygen atoms in total. The number of carbonyl (C=O) groups excluding carboxylic acids is 1. The first-order valence-corrected chi connectivity index (χ1v) is 4.60. The van der Waals surface area contributed by atoms with Crippen molar-refractivity contribution in [2.24, 2.45) is 0 Å². The Kier molecular flexibility index (Phi) is 2.43. The number of benzene rings is 1. The van der Waals surface area contributed by atoms with Crippen molar-refractivity contribution in [2.45, 2.75) is 6.92 Å². The molecule has 1 N–H and O–H groups in total. The normalized spacial score (nSPS) is 10.5. The molecule has 0 bridgehead atoms. The number of para-hydroxylation sites is 2. The molecule has 0 unspecified atom stereocenters. The zero-order valence-electron chi connectivity index (χ0n) is 8.27. The predicted octanol–water partition coefficient (Wildman–Crippen LogP) is 1.11. The average molecular weight is 202 g/mol. The van der Waals surface area contributed by atoms with Crippen LogP contribution in [0.3, 0.4) is 0 Å². The zero-order chi connectivity index (χ0) is 10.8. The van der Waals surface area contributed by atoms with Crippen molar-refractivity contribution in [1.29, 1.82) is 0 Å². The van der Waals surface area contributed by atoms with Gasteiger partial charge in [0.15, 0.2) is 0 Å². The standard InChI is InChI=1S/C11H10N2O2/c1-7-11(10(15)6-14)13-9-5-3-2-4-8(9)12-7/h2-5,14H,6H2,1H3. The Hall–Kier alpha value is -1.81. The van der Waals surface area contributed by atoms with E-state index in [9.17, 15) is 4.79 Å². The van der Waals surface area contributed by atoms with Crippen LogP contribution in [0.25, 0.3) is 11.0 Å².